The maximum absolute atomic E-state index is 13.8. The Bertz CT molecular complexity index is 1080. The molecule has 0 saturated carbocycles. The number of para-hydroxylation sites is 1. The number of rotatable bonds is 7. The van der Waals surface area contributed by atoms with Crippen molar-refractivity contribution in [3.05, 3.63) is 65.6 Å². The smallest absolute Gasteiger partial charge is 0.309 e. The van der Waals surface area contributed by atoms with Gasteiger partial charge in [-0.05, 0) is 50.1 Å². The zero-order valence-corrected chi connectivity index (χ0v) is 18.5. The van der Waals surface area contributed by atoms with Crippen LogP contribution in [0.5, 0.6) is 0 Å². The Hall–Kier alpha value is -3.26. The molecule has 0 spiro atoms. The summed E-state index contributed by atoms with van der Waals surface area (Å²) in [5.41, 5.74) is 1.40. The zero-order valence-electron chi connectivity index (χ0n) is 17.6. The average molecular weight is 441 g/mol. The van der Waals surface area contributed by atoms with Crippen LogP contribution in [-0.2, 0) is 11.2 Å². The molecule has 3 N–H and O–H groups in total. The molecule has 1 aromatic heterocycles. The van der Waals surface area contributed by atoms with Crippen LogP contribution in [0.1, 0.15) is 25.3 Å². The minimum atomic E-state index is -0.799. The summed E-state index contributed by atoms with van der Waals surface area (Å²) < 4.78 is 13.8. The number of aromatic nitrogens is 1. The van der Waals surface area contributed by atoms with Crippen molar-refractivity contribution < 1.29 is 14.3 Å². The van der Waals surface area contributed by atoms with Crippen LogP contribution in [0.2, 0.25) is 0 Å². The lowest BCUT2D eigenvalue weighted by Crippen LogP contribution is -2.24. The number of carboxylic acid groups (broad SMARTS) is 1. The van der Waals surface area contributed by atoms with Gasteiger partial charge in [-0.1, -0.05) is 24.3 Å². The van der Waals surface area contributed by atoms with Gasteiger partial charge in [-0.15, -0.1) is 11.3 Å². The number of anilines is 2. The lowest BCUT2D eigenvalue weighted by molar-refractivity contribution is -0.147. The molecule has 0 aliphatic heterocycles. The number of guanidine groups is 1. The Morgan fingerprint density at radius 2 is 1.87 bits per heavy atom. The molecule has 0 fully saturated rings. The Morgan fingerprint density at radius 1 is 1.16 bits per heavy atom. The summed E-state index contributed by atoms with van der Waals surface area (Å²) in [6, 6.07) is 14.2. The minimum absolute atomic E-state index is 0.343. The third-order valence-electron chi connectivity index (χ3n) is 4.88. The fraction of sp³-hybridized carbons (Fsp3) is 0.261. The number of carboxylic acids is 1. The van der Waals surface area contributed by atoms with Crippen molar-refractivity contribution in [3.8, 4) is 10.4 Å². The van der Waals surface area contributed by atoms with Gasteiger partial charge in [0.05, 0.1) is 21.0 Å². The molecular weight excluding hydrogens is 415 g/mol. The highest BCUT2D eigenvalue weighted by atomic mass is 32.1. The van der Waals surface area contributed by atoms with Crippen LogP contribution in [0.3, 0.4) is 0 Å². The Kier molecular flexibility index (Phi) is 7.02. The van der Waals surface area contributed by atoms with Gasteiger partial charge in [0.15, 0.2) is 5.96 Å². The SMILES string of the molecule is C/N=C(\Nc1ccc(-c2cnc(CCC(C)(C)C(=O)O)s2)cc1)Nc1ccccc1F. The third kappa shape index (κ3) is 5.88. The molecule has 2 aromatic carbocycles. The topological polar surface area (TPSA) is 86.6 Å². The molecule has 0 bridgehead atoms. The van der Waals surface area contributed by atoms with Gasteiger partial charge in [0.25, 0.3) is 0 Å². The molecule has 6 nitrogen and oxygen atoms in total. The molecule has 1 heterocycles. The van der Waals surface area contributed by atoms with E-state index in [1.807, 2.05) is 30.5 Å². The zero-order chi connectivity index (χ0) is 22.4. The fourth-order valence-corrected chi connectivity index (χ4v) is 3.70. The largest absolute Gasteiger partial charge is 0.481 e. The Morgan fingerprint density at radius 3 is 2.52 bits per heavy atom. The number of aliphatic carboxylic acids is 1. The van der Waals surface area contributed by atoms with E-state index in [2.05, 4.69) is 20.6 Å². The normalized spacial score (nSPS) is 11.9. The summed E-state index contributed by atoms with van der Waals surface area (Å²) in [5, 5.41) is 16.3. The van der Waals surface area contributed by atoms with Crippen molar-refractivity contribution in [2.75, 3.05) is 17.7 Å². The van der Waals surface area contributed by atoms with Crippen LogP contribution < -0.4 is 10.6 Å². The van der Waals surface area contributed by atoms with Crippen LogP contribution in [0.4, 0.5) is 15.8 Å². The number of benzene rings is 2. The van der Waals surface area contributed by atoms with Gasteiger partial charge < -0.3 is 15.7 Å². The lowest BCUT2D eigenvalue weighted by Gasteiger charge is -2.17. The molecular formula is C23H25FN4O2S. The summed E-state index contributed by atoms with van der Waals surface area (Å²) >= 11 is 1.56. The summed E-state index contributed by atoms with van der Waals surface area (Å²) in [5.74, 6) is -0.723. The summed E-state index contributed by atoms with van der Waals surface area (Å²) in [6.45, 7) is 3.45. The molecule has 0 radical (unpaired) electrons. The molecule has 0 amide bonds. The first-order chi connectivity index (χ1) is 14.8. The quantitative estimate of drug-likeness (QED) is 0.333. The maximum Gasteiger partial charge on any atom is 0.309 e. The summed E-state index contributed by atoms with van der Waals surface area (Å²) in [4.78, 5) is 20.9. The Labute approximate surface area is 184 Å². The summed E-state index contributed by atoms with van der Waals surface area (Å²) in [6.07, 6.45) is 2.97. The monoisotopic (exact) mass is 440 g/mol. The lowest BCUT2D eigenvalue weighted by atomic mass is 9.88. The van der Waals surface area contributed by atoms with Gasteiger partial charge in [0.1, 0.15) is 5.82 Å². The highest BCUT2D eigenvalue weighted by Gasteiger charge is 2.27. The van der Waals surface area contributed by atoms with E-state index in [1.54, 1.807) is 50.4 Å². The number of nitrogens with zero attached hydrogens (tertiary/aromatic N) is 2. The van der Waals surface area contributed by atoms with E-state index >= 15 is 0 Å². The highest BCUT2D eigenvalue weighted by Crippen LogP contribution is 2.30. The van der Waals surface area contributed by atoms with Crippen molar-refractivity contribution in [1.29, 1.82) is 0 Å². The number of nitrogens with one attached hydrogen (secondary N) is 2. The number of carbonyl (C=O) groups is 1. The second-order valence-electron chi connectivity index (χ2n) is 7.69. The summed E-state index contributed by atoms with van der Waals surface area (Å²) in [7, 11) is 1.62. The molecule has 0 saturated heterocycles. The Balaban J connectivity index is 1.63. The second kappa shape index (κ2) is 9.70. The predicted molar refractivity (Wildman–Crippen MR) is 124 cm³/mol. The van der Waals surface area contributed by atoms with Gasteiger partial charge in [-0.3, -0.25) is 9.79 Å². The van der Waals surface area contributed by atoms with Crippen LogP contribution in [-0.4, -0.2) is 29.1 Å². The van der Waals surface area contributed by atoms with E-state index in [0.717, 1.165) is 21.1 Å². The van der Waals surface area contributed by atoms with Crippen LogP contribution >= 0.6 is 11.3 Å². The van der Waals surface area contributed by atoms with Crippen molar-refractivity contribution in [2.45, 2.75) is 26.7 Å². The van der Waals surface area contributed by atoms with E-state index in [1.165, 1.54) is 6.07 Å². The molecule has 162 valence electrons. The van der Waals surface area contributed by atoms with Crippen LogP contribution in [0.25, 0.3) is 10.4 Å². The number of hydrogen-bond donors (Lipinski definition) is 3. The molecule has 8 heteroatoms. The van der Waals surface area contributed by atoms with Crippen LogP contribution in [0.15, 0.2) is 59.7 Å². The third-order valence-corrected chi connectivity index (χ3v) is 5.99. The first-order valence-electron chi connectivity index (χ1n) is 9.82. The molecule has 3 aromatic rings. The van der Waals surface area contributed by atoms with Crippen molar-refractivity contribution in [2.24, 2.45) is 10.4 Å². The number of halogens is 1. The van der Waals surface area contributed by atoms with Crippen LogP contribution in [0, 0.1) is 11.2 Å². The van der Waals surface area contributed by atoms with E-state index < -0.39 is 11.4 Å². The minimum Gasteiger partial charge on any atom is -0.481 e. The van der Waals surface area contributed by atoms with Gasteiger partial charge in [0, 0.05) is 25.4 Å². The number of hydrogen-bond acceptors (Lipinski definition) is 4. The first-order valence-corrected chi connectivity index (χ1v) is 10.6. The molecule has 0 aliphatic carbocycles. The molecule has 3 rings (SSSR count). The maximum atomic E-state index is 13.8. The van der Waals surface area contributed by atoms with Crippen molar-refractivity contribution in [1.82, 2.24) is 4.98 Å². The number of aryl methyl sites for hydroxylation is 1. The number of aliphatic imine (C=N–C) groups is 1. The standard InChI is InChI=1S/C23H25FN4O2S/c1-23(2,21(29)30)13-12-20-26-14-19(31-20)15-8-10-16(11-9-15)27-22(25-3)28-18-7-5-4-6-17(18)24/h4-11,14H,12-13H2,1-3H3,(H,29,30)(H2,25,27,28). The fourth-order valence-electron chi connectivity index (χ4n) is 2.77. The number of thiazole rings is 1. The second-order valence-corrected chi connectivity index (χ2v) is 8.80. The van der Waals surface area contributed by atoms with Gasteiger partial charge in [0.2, 0.25) is 0 Å². The predicted octanol–water partition coefficient (Wildman–Crippen LogP) is 5.50. The van der Waals surface area contributed by atoms with Gasteiger partial charge in [-0.25, -0.2) is 9.37 Å². The van der Waals surface area contributed by atoms with E-state index in [0.29, 0.717) is 24.5 Å². The highest BCUT2D eigenvalue weighted by molar-refractivity contribution is 7.15. The molecule has 0 aliphatic rings. The average Bonchev–Trinajstić information content (AvgIpc) is 3.23. The van der Waals surface area contributed by atoms with Crippen molar-refractivity contribution in [3.63, 3.8) is 0 Å². The van der Waals surface area contributed by atoms with Crippen molar-refractivity contribution >= 4 is 34.6 Å². The first kappa shape index (κ1) is 22.4. The molecule has 0 atom stereocenters. The molecule has 0 unspecified atom stereocenters. The van der Waals surface area contributed by atoms with E-state index in [9.17, 15) is 14.3 Å². The molecule has 31 heavy (non-hydrogen) atoms. The van der Waals surface area contributed by atoms with E-state index in [4.69, 9.17) is 0 Å². The van der Waals surface area contributed by atoms with Gasteiger partial charge >= 0.3 is 5.97 Å². The van der Waals surface area contributed by atoms with E-state index in [-0.39, 0.29) is 5.82 Å². The van der Waals surface area contributed by atoms with Gasteiger partial charge in [-0.2, -0.15) is 0 Å².